The first-order valence-corrected chi connectivity index (χ1v) is 17.0. The molecule has 3 heterocycles. The Labute approximate surface area is 289 Å². The van der Waals surface area contributed by atoms with Gasteiger partial charge in [-0.3, -0.25) is 19.5 Å². The van der Waals surface area contributed by atoms with Gasteiger partial charge in [0.25, 0.3) is 11.8 Å². The van der Waals surface area contributed by atoms with E-state index in [1.165, 1.54) is 24.8 Å². The Balaban J connectivity index is 1.19. The number of amides is 2. The smallest absolute Gasteiger partial charge is 0.384 e. The highest BCUT2D eigenvalue weighted by Gasteiger charge is 2.30. The number of pyridine rings is 1. The van der Waals surface area contributed by atoms with Crippen LogP contribution >= 0.6 is 0 Å². The van der Waals surface area contributed by atoms with Crippen molar-refractivity contribution in [1.29, 1.82) is 0 Å². The molecule has 0 saturated carbocycles. The number of halogens is 3. The number of hydrogen-bond donors (Lipinski definition) is 3. The summed E-state index contributed by atoms with van der Waals surface area (Å²) in [6.07, 6.45) is 0.394. The number of aromatic nitrogens is 1. The molecule has 3 N–H and O–H groups in total. The number of benzene rings is 3. The second-order valence-electron chi connectivity index (χ2n) is 12.5. The molecular formula is C38H41F3N6O3. The summed E-state index contributed by atoms with van der Waals surface area (Å²) in [5, 5.41) is 9.19. The molecule has 2 saturated heterocycles. The summed E-state index contributed by atoms with van der Waals surface area (Å²) in [5.74, 6) is -0.745. The van der Waals surface area contributed by atoms with Crippen LogP contribution in [-0.4, -0.2) is 74.2 Å². The molecular weight excluding hydrogens is 645 g/mol. The lowest BCUT2D eigenvalue weighted by molar-refractivity contribution is -0.137. The lowest BCUT2D eigenvalue weighted by Gasteiger charge is -2.29. The fourth-order valence-electron chi connectivity index (χ4n) is 6.21. The fourth-order valence-corrected chi connectivity index (χ4v) is 6.21. The molecule has 6 rings (SSSR count). The monoisotopic (exact) mass is 686 g/mol. The van der Waals surface area contributed by atoms with Gasteiger partial charge in [-0.2, -0.15) is 13.2 Å². The summed E-state index contributed by atoms with van der Waals surface area (Å²) in [4.78, 5) is 36.0. The number of carbonyl (C=O) groups excluding carboxylic acids is 2. The Morgan fingerprint density at radius 2 is 1.60 bits per heavy atom. The molecule has 0 bridgehead atoms. The molecule has 3 aromatic carbocycles. The molecule has 2 amide bonds. The average molecular weight is 687 g/mol. The van der Waals surface area contributed by atoms with Crippen molar-refractivity contribution in [2.24, 2.45) is 0 Å². The van der Waals surface area contributed by atoms with Gasteiger partial charge >= 0.3 is 6.18 Å². The number of carbonyl (C=O) groups is 2. The van der Waals surface area contributed by atoms with Gasteiger partial charge in [-0.1, -0.05) is 18.2 Å². The van der Waals surface area contributed by atoms with Crippen LogP contribution < -0.4 is 20.9 Å². The minimum atomic E-state index is -4.47. The van der Waals surface area contributed by atoms with Crippen molar-refractivity contribution in [1.82, 2.24) is 15.2 Å². The van der Waals surface area contributed by atoms with E-state index in [0.29, 0.717) is 33.6 Å². The standard InChI is InChI=1S/C38H41F3N6O3/c39-38(40,41)30-8-4-6-27(22-30)26-44-36(48)29-12-13-43-35(24-29)33-25-32(47-15-2-1-3-16-47)10-11-34(33)45-37(49)28-7-5-9-31(23-28)42-14-17-46-18-20-50-21-19-46/h4-13,22-25,42H,1-3,14-21,26H2,(H,44,48)(H,45,49). The van der Waals surface area contributed by atoms with Crippen molar-refractivity contribution in [3.8, 4) is 11.3 Å². The number of anilines is 3. The maximum absolute atomic E-state index is 13.6. The zero-order valence-electron chi connectivity index (χ0n) is 27.8. The SMILES string of the molecule is O=C(NCc1cccc(C(F)(F)F)c1)c1ccnc(-c2cc(N3CCCCC3)ccc2NC(=O)c2cccc(NCCN3CCOCC3)c2)c1. The Kier molecular flexibility index (Phi) is 11.3. The average Bonchev–Trinajstić information content (AvgIpc) is 3.15. The minimum absolute atomic E-state index is 0.0761. The van der Waals surface area contributed by atoms with Crippen LogP contribution in [-0.2, 0) is 17.5 Å². The highest BCUT2D eigenvalue weighted by atomic mass is 19.4. The third kappa shape index (κ3) is 9.19. The van der Waals surface area contributed by atoms with Crippen molar-refractivity contribution in [2.75, 3.05) is 68.0 Å². The molecule has 0 aliphatic carbocycles. The van der Waals surface area contributed by atoms with Crippen molar-refractivity contribution in [2.45, 2.75) is 32.0 Å². The maximum atomic E-state index is 13.6. The number of rotatable bonds is 11. The second-order valence-corrected chi connectivity index (χ2v) is 12.5. The number of nitrogens with zero attached hydrogens (tertiary/aromatic N) is 3. The number of morpholine rings is 1. The normalized spacial score (nSPS) is 15.4. The minimum Gasteiger partial charge on any atom is -0.384 e. The largest absolute Gasteiger partial charge is 0.416 e. The lowest BCUT2D eigenvalue weighted by atomic mass is 10.0. The third-order valence-electron chi connectivity index (χ3n) is 8.96. The summed E-state index contributed by atoms with van der Waals surface area (Å²) < 4.78 is 45.0. The molecule has 2 fully saturated rings. The molecule has 12 heteroatoms. The summed E-state index contributed by atoms with van der Waals surface area (Å²) in [5.41, 5.74) is 3.83. The molecule has 50 heavy (non-hydrogen) atoms. The van der Waals surface area contributed by atoms with E-state index < -0.39 is 17.6 Å². The van der Waals surface area contributed by atoms with Crippen LogP contribution in [0, 0.1) is 0 Å². The predicted octanol–water partition coefficient (Wildman–Crippen LogP) is 6.68. The molecule has 262 valence electrons. The zero-order valence-corrected chi connectivity index (χ0v) is 27.8. The van der Waals surface area contributed by atoms with E-state index in [-0.39, 0.29) is 12.5 Å². The van der Waals surface area contributed by atoms with Crippen LogP contribution in [0.4, 0.5) is 30.2 Å². The third-order valence-corrected chi connectivity index (χ3v) is 8.96. The summed E-state index contributed by atoms with van der Waals surface area (Å²) >= 11 is 0. The first-order chi connectivity index (χ1) is 24.2. The lowest BCUT2D eigenvalue weighted by Crippen LogP contribution is -2.39. The van der Waals surface area contributed by atoms with Gasteiger partial charge in [0, 0.05) is 80.1 Å². The molecule has 0 unspecified atom stereocenters. The van der Waals surface area contributed by atoms with Gasteiger partial charge in [-0.25, -0.2) is 0 Å². The Bertz CT molecular complexity index is 1790. The predicted molar refractivity (Wildman–Crippen MR) is 188 cm³/mol. The van der Waals surface area contributed by atoms with E-state index in [1.54, 1.807) is 18.2 Å². The van der Waals surface area contributed by atoms with E-state index in [2.05, 4.69) is 30.7 Å². The number of nitrogens with one attached hydrogen (secondary N) is 3. The quantitative estimate of drug-likeness (QED) is 0.162. The van der Waals surface area contributed by atoms with Gasteiger partial charge in [0.15, 0.2) is 0 Å². The number of ether oxygens (including phenoxy) is 1. The summed E-state index contributed by atoms with van der Waals surface area (Å²) in [6.45, 7) is 6.68. The van der Waals surface area contributed by atoms with Crippen LogP contribution in [0.3, 0.4) is 0 Å². The van der Waals surface area contributed by atoms with Crippen LogP contribution in [0.5, 0.6) is 0 Å². The molecule has 0 radical (unpaired) electrons. The van der Waals surface area contributed by atoms with Crippen LogP contribution in [0.15, 0.2) is 85.1 Å². The first-order valence-electron chi connectivity index (χ1n) is 17.0. The van der Waals surface area contributed by atoms with Gasteiger partial charge in [0.1, 0.15) is 0 Å². The number of hydrogen-bond acceptors (Lipinski definition) is 7. The molecule has 9 nitrogen and oxygen atoms in total. The molecule has 0 atom stereocenters. The van der Waals surface area contributed by atoms with E-state index in [4.69, 9.17) is 4.74 Å². The number of alkyl halides is 3. The maximum Gasteiger partial charge on any atom is 0.416 e. The van der Waals surface area contributed by atoms with Gasteiger partial charge in [0.05, 0.1) is 30.2 Å². The Morgan fingerprint density at radius 3 is 2.40 bits per heavy atom. The molecule has 4 aromatic rings. The Hall–Kier alpha value is -4.94. The van der Waals surface area contributed by atoms with Gasteiger partial charge < -0.3 is 25.6 Å². The summed E-state index contributed by atoms with van der Waals surface area (Å²) in [7, 11) is 0. The van der Waals surface area contributed by atoms with Crippen LogP contribution in [0.2, 0.25) is 0 Å². The highest BCUT2D eigenvalue weighted by molar-refractivity contribution is 6.07. The van der Waals surface area contributed by atoms with Crippen molar-refractivity contribution in [3.05, 3.63) is 107 Å². The van der Waals surface area contributed by atoms with Gasteiger partial charge in [-0.15, -0.1) is 0 Å². The molecule has 0 spiro atoms. The zero-order chi connectivity index (χ0) is 34.9. The topological polar surface area (TPSA) is 98.8 Å². The van der Waals surface area contributed by atoms with Gasteiger partial charge in [-0.05, 0) is 85.5 Å². The molecule has 2 aliphatic rings. The van der Waals surface area contributed by atoms with Gasteiger partial charge in [0.2, 0.25) is 0 Å². The van der Waals surface area contributed by atoms with Crippen molar-refractivity contribution < 1.29 is 27.5 Å². The van der Waals surface area contributed by atoms with Crippen LogP contribution in [0.25, 0.3) is 11.3 Å². The summed E-state index contributed by atoms with van der Waals surface area (Å²) in [6, 6.07) is 21.2. The van der Waals surface area contributed by atoms with Crippen molar-refractivity contribution >= 4 is 28.9 Å². The van der Waals surface area contributed by atoms with E-state index in [1.807, 2.05) is 36.4 Å². The second kappa shape index (κ2) is 16.2. The highest BCUT2D eigenvalue weighted by Crippen LogP contribution is 2.33. The van der Waals surface area contributed by atoms with E-state index in [0.717, 1.165) is 88.8 Å². The molecule has 1 aromatic heterocycles. The molecule has 2 aliphatic heterocycles. The van der Waals surface area contributed by atoms with E-state index >= 15 is 0 Å². The van der Waals surface area contributed by atoms with Crippen molar-refractivity contribution in [3.63, 3.8) is 0 Å². The van der Waals surface area contributed by atoms with Crippen LogP contribution in [0.1, 0.15) is 51.1 Å². The Morgan fingerprint density at radius 1 is 0.820 bits per heavy atom. The fraction of sp³-hybridized carbons (Fsp3) is 0.342. The number of piperidine rings is 1. The first kappa shape index (κ1) is 34.9. The van der Waals surface area contributed by atoms with E-state index in [9.17, 15) is 22.8 Å².